The van der Waals surface area contributed by atoms with Crippen LogP contribution in [0.4, 0.5) is 0 Å². The molecule has 0 aromatic carbocycles. The van der Waals surface area contributed by atoms with Crippen LogP contribution >= 0.6 is 0 Å². The summed E-state index contributed by atoms with van der Waals surface area (Å²) in [6, 6.07) is 0. The van der Waals surface area contributed by atoms with Crippen LogP contribution < -0.4 is 0 Å². The van der Waals surface area contributed by atoms with Gasteiger partial charge in [0.1, 0.15) is 0 Å². The van der Waals surface area contributed by atoms with Gasteiger partial charge in [-0.2, -0.15) is 0 Å². The van der Waals surface area contributed by atoms with E-state index in [0.29, 0.717) is 0 Å². The van der Waals surface area contributed by atoms with Gasteiger partial charge in [-0.3, -0.25) is 0 Å². The molecule has 0 spiro atoms. The Hall–Kier alpha value is -0.0800. The van der Waals surface area contributed by atoms with Crippen molar-refractivity contribution in [1.82, 2.24) is 0 Å². The van der Waals surface area contributed by atoms with Crippen LogP contribution in [0, 0.1) is 0 Å². The number of hydrogen-bond acceptors (Lipinski definition) is 2. The van der Waals surface area contributed by atoms with E-state index in [9.17, 15) is 0 Å². The number of hydrogen-bond donors (Lipinski definition) is 0. The molecule has 0 aliphatic heterocycles. The summed E-state index contributed by atoms with van der Waals surface area (Å²) in [7, 11) is 0. The highest BCUT2D eigenvalue weighted by atomic mass is 16.5. The molecule has 0 saturated heterocycles. The van der Waals surface area contributed by atoms with Crippen molar-refractivity contribution in [2.24, 2.45) is 0 Å². The van der Waals surface area contributed by atoms with Crippen molar-refractivity contribution in [3.05, 3.63) is 0 Å². The highest BCUT2D eigenvalue weighted by Crippen LogP contribution is 2.14. The first-order valence-electron chi connectivity index (χ1n) is 17.6. The molecular weight excluding hydrogens is 452 g/mol. The van der Waals surface area contributed by atoms with E-state index in [1.165, 1.54) is 186 Å². The maximum Gasteiger partial charge on any atom is 0.0700 e. The van der Waals surface area contributed by atoms with Crippen LogP contribution in [0.1, 0.15) is 200 Å². The summed E-state index contributed by atoms with van der Waals surface area (Å²) in [5, 5.41) is 0. The second-order valence-electron chi connectivity index (χ2n) is 11.8. The number of ether oxygens (including phenoxy) is 2. The molecule has 0 fully saturated rings. The lowest BCUT2D eigenvalue weighted by Gasteiger charge is -2.06. The van der Waals surface area contributed by atoms with Crippen LogP contribution in [0.25, 0.3) is 0 Å². The Morgan fingerprint density at radius 1 is 0.216 bits per heavy atom. The molecule has 0 amide bonds. The molecule has 2 nitrogen and oxygen atoms in total. The lowest BCUT2D eigenvalue weighted by Crippen LogP contribution is -2.06. The minimum absolute atomic E-state index is 0.775. The Kier molecular flexibility index (Phi) is 35.8. The summed E-state index contributed by atoms with van der Waals surface area (Å²) in [4.78, 5) is 0. The van der Waals surface area contributed by atoms with E-state index in [0.717, 1.165) is 26.4 Å². The van der Waals surface area contributed by atoms with Gasteiger partial charge in [-0.1, -0.05) is 187 Å². The van der Waals surface area contributed by atoms with Gasteiger partial charge in [-0.25, -0.2) is 0 Å². The summed E-state index contributed by atoms with van der Waals surface area (Å²) in [6.07, 6.45) is 41.0. The molecule has 0 saturated carbocycles. The van der Waals surface area contributed by atoms with Crippen molar-refractivity contribution in [3.63, 3.8) is 0 Å². The second kappa shape index (κ2) is 35.9. The standard InChI is InChI=1S/C35H72O2/c1-3-5-7-9-11-13-15-17-18-19-21-23-25-27-29-31-33-37-35-34-36-32-30-28-26-24-22-20-16-14-12-10-8-6-4-2/h3-35H2,1-2H3. The van der Waals surface area contributed by atoms with Crippen LogP contribution in [0.5, 0.6) is 0 Å². The van der Waals surface area contributed by atoms with Gasteiger partial charge in [-0.05, 0) is 12.8 Å². The molecule has 2 heteroatoms. The van der Waals surface area contributed by atoms with Crippen LogP contribution in [-0.4, -0.2) is 26.4 Å². The quantitative estimate of drug-likeness (QED) is 0.0779. The fraction of sp³-hybridized carbons (Fsp3) is 1.00. The molecule has 0 aromatic heterocycles. The predicted octanol–water partition coefficient (Wildman–Crippen LogP) is 12.4. The summed E-state index contributed by atoms with van der Waals surface area (Å²) < 4.78 is 11.5. The molecule has 0 N–H and O–H groups in total. The van der Waals surface area contributed by atoms with E-state index in [1.54, 1.807) is 0 Å². The van der Waals surface area contributed by atoms with Crippen molar-refractivity contribution in [2.75, 3.05) is 26.4 Å². The molecule has 224 valence electrons. The number of rotatable bonds is 34. The maximum absolute atomic E-state index is 5.75. The average molecular weight is 525 g/mol. The van der Waals surface area contributed by atoms with Gasteiger partial charge in [0.05, 0.1) is 13.2 Å². The molecule has 0 bridgehead atoms. The molecule has 0 radical (unpaired) electrons. The zero-order chi connectivity index (χ0) is 26.7. The lowest BCUT2D eigenvalue weighted by molar-refractivity contribution is 0.0448. The predicted molar refractivity (Wildman–Crippen MR) is 167 cm³/mol. The maximum atomic E-state index is 5.75. The lowest BCUT2D eigenvalue weighted by atomic mass is 10.0. The molecule has 0 heterocycles. The normalized spacial score (nSPS) is 11.5. The highest BCUT2D eigenvalue weighted by Gasteiger charge is 1.97. The molecule has 0 unspecified atom stereocenters. The third kappa shape index (κ3) is 35.9. The molecule has 0 aliphatic rings. The smallest absolute Gasteiger partial charge is 0.0700 e. The summed E-state index contributed by atoms with van der Waals surface area (Å²) in [5.41, 5.74) is 0. The fourth-order valence-corrected chi connectivity index (χ4v) is 5.30. The van der Waals surface area contributed by atoms with Crippen LogP contribution in [0.2, 0.25) is 0 Å². The Bertz CT molecular complexity index is 336. The van der Waals surface area contributed by atoms with E-state index < -0.39 is 0 Å². The number of unbranched alkanes of at least 4 members (excludes halogenated alkanes) is 27. The SMILES string of the molecule is CCCCCCCCCCCCCCCCCCOCCOCCCCCCCCCCCCCCC. The van der Waals surface area contributed by atoms with Gasteiger partial charge in [0.15, 0.2) is 0 Å². The summed E-state index contributed by atoms with van der Waals surface area (Å²) in [6.45, 7) is 7.98. The molecule has 0 aromatic rings. The Balaban J connectivity index is 3.00. The van der Waals surface area contributed by atoms with E-state index in [1.807, 2.05) is 0 Å². The van der Waals surface area contributed by atoms with Gasteiger partial charge in [-0.15, -0.1) is 0 Å². The first kappa shape index (κ1) is 36.9. The minimum Gasteiger partial charge on any atom is -0.379 e. The Morgan fingerprint density at radius 2 is 0.405 bits per heavy atom. The molecule has 0 rings (SSSR count). The zero-order valence-corrected chi connectivity index (χ0v) is 26.2. The highest BCUT2D eigenvalue weighted by molar-refractivity contribution is 4.51. The Labute approximate surface area is 235 Å². The van der Waals surface area contributed by atoms with Crippen molar-refractivity contribution in [2.45, 2.75) is 200 Å². The van der Waals surface area contributed by atoms with Gasteiger partial charge in [0.2, 0.25) is 0 Å². The van der Waals surface area contributed by atoms with Gasteiger partial charge in [0, 0.05) is 13.2 Å². The van der Waals surface area contributed by atoms with E-state index in [4.69, 9.17) is 9.47 Å². The topological polar surface area (TPSA) is 18.5 Å². The molecule has 0 aliphatic carbocycles. The summed E-state index contributed by atoms with van der Waals surface area (Å²) >= 11 is 0. The van der Waals surface area contributed by atoms with Crippen molar-refractivity contribution in [1.29, 1.82) is 0 Å². The van der Waals surface area contributed by atoms with Crippen molar-refractivity contribution < 1.29 is 9.47 Å². The third-order valence-electron chi connectivity index (χ3n) is 7.91. The monoisotopic (exact) mass is 525 g/mol. The van der Waals surface area contributed by atoms with Crippen molar-refractivity contribution >= 4 is 0 Å². The van der Waals surface area contributed by atoms with Gasteiger partial charge < -0.3 is 9.47 Å². The fourth-order valence-electron chi connectivity index (χ4n) is 5.30. The average Bonchev–Trinajstić information content (AvgIpc) is 2.91. The van der Waals surface area contributed by atoms with Crippen LogP contribution in [0.15, 0.2) is 0 Å². The van der Waals surface area contributed by atoms with Crippen molar-refractivity contribution in [3.8, 4) is 0 Å². The second-order valence-corrected chi connectivity index (χ2v) is 11.8. The van der Waals surface area contributed by atoms with Crippen LogP contribution in [0.3, 0.4) is 0 Å². The minimum atomic E-state index is 0.775. The first-order valence-corrected chi connectivity index (χ1v) is 17.6. The van der Waals surface area contributed by atoms with Crippen LogP contribution in [-0.2, 0) is 9.47 Å². The summed E-state index contributed by atoms with van der Waals surface area (Å²) in [5.74, 6) is 0. The van der Waals surface area contributed by atoms with E-state index >= 15 is 0 Å². The van der Waals surface area contributed by atoms with E-state index in [-0.39, 0.29) is 0 Å². The molecule has 37 heavy (non-hydrogen) atoms. The van der Waals surface area contributed by atoms with E-state index in [2.05, 4.69) is 13.8 Å². The Morgan fingerprint density at radius 3 is 0.622 bits per heavy atom. The zero-order valence-electron chi connectivity index (χ0n) is 26.2. The largest absolute Gasteiger partial charge is 0.379 e. The molecule has 0 atom stereocenters. The first-order chi connectivity index (χ1) is 18.4. The van der Waals surface area contributed by atoms with Gasteiger partial charge >= 0.3 is 0 Å². The van der Waals surface area contributed by atoms with Gasteiger partial charge in [0.25, 0.3) is 0 Å². The third-order valence-corrected chi connectivity index (χ3v) is 7.91. The molecular formula is C35H72O2.